The first kappa shape index (κ1) is 28.0. The van der Waals surface area contributed by atoms with Crippen molar-refractivity contribution in [1.82, 2.24) is 14.5 Å². The zero-order chi connectivity index (χ0) is 53.7. The van der Waals surface area contributed by atoms with E-state index in [1.165, 1.54) is 18.3 Å². The van der Waals surface area contributed by atoms with Crippen LogP contribution in [-0.2, 0) is 31.9 Å². The molecular weight excluding hydrogens is 914 g/mol. The van der Waals surface area contributed by atoms with Gasteiger partial charge in [-0.15, -0.1) is 29.3 Å². The molecule has 0 radical (unpaired) electrons. The number of nitrogens with zero attached hydrogens (tertiary/aromatic N) is 3. The van der Waals surface area contributed by atoms with Crippen LogP contribution in [0.3, 0.4) is 0 Å². The Kier molecular flexibility index (Phi) is 7.70. The van der Waals surface area contributed by atoms with Gasteiger partial charge < -0.3 is 5.11 Å². The molecule has 6 aromatic carbocycles. The molecule has 0 unspecified atom stereocenters. The largest absolute Gasteiger partial charge is 0.507 e. The first-order chi connectivity index (χ1) is 33.8. The molecule has 5 heteroatoms. The zero-order valence-corrected chi connectivity index (χ0v) is 36.8. The minimum atomic E-state index is -3.81. The standard InChI is InChI=1S/C55H54N3O.Pt/c1-34(2)47-33-44(23-24-45(47)38-15-12-11-13-16-38)58-50-18-14-17-46(51(50)57-53(58)48-28-35(3)27-36(4)52(48)59)40-29-41(31-43(30-40)55(8,9)10)49-32-39(25-26-56-49)37-19-21-42(22-20-37)54(5,6)7;/h11-28,30-34,59H,1-10H3;/q-1;/i5D3,6D3,7D3,19D,20D,21D,22D,34D;. The maximum Gasteiger partial charge on any atom is 0.148 e. The molecule has 4 nitrogen and oxygen atoms in total. The van der Waals surface area contributed by atoms with Crippen LogP contribution in [0.5, 0.6) is 5.75 Å². The van der Waals surface area contributed by atoms with Crippen molar-refractivity contribution in [1.29, 1.82) is 0 Å². The van der Waals surface area contributed by atoms with Crippen LogP contribution in [0.4, 0.5) is 0 Å². The molecule has 2 heterocycles. The summed E-state index contributed by atoms with van der Waals surface area (Å²) in [6.07, 6.45) is 1.40. The van der Waals surface area contributed by atoms with Gasteiger partial charge >= 0.3 is 0 Å². The van der Waals surface area contributed by atoms with Gasteiger partial charge in [-0.25, -0.2) is 4.98 Å². The molecule has 2 aromatic heterocycles. The van der Waals surface area contributed by atoms with Gasteiger partial charge in [0.25, 0.3) is 0 Å². The first-order valence-electron chi connectivity index (χ1n) is 26.5. The van der Waals surface area contributed by atoms with E-state index in [9.17, 15) is 6.48 Å². The average Bonchev–Trinajstić information content (AvgIpc) is 3.69. The van der Waals surface area contributed by atoms with Crippen LogP contribution < -0.4 is 0 Å². The van der Waals surface area contributed by atoms with Gasteiger partial charge in [0.05, 0.1) is 22.1 Å². The first-order valence-corrected chi connectivity index (χ1v) is 19.5. The molecule has 0 fully saturated rings. The van der Waals surface area contributed by atoms with Crippen LogP contribution in [-0.4, -0.2) is 19.6 Å². The summed E-state index contributed by atoms with van der Waals surface area (Å²) in [7, 11) is 0. The van der Waals surface area contributed by atoms with Gasteiger partial charge in [-0.05, 0) is 105 Å². The number of phenolic OH excluding ortho intramolecular Hbond substituents is 1. The van der Waals surface area contributed by atoms with Crippen molar-refractivity contribution in [2.75, 3.05) is 0 Å². The summed E-state index contributed by atoms with van der Waals surface area (Å²) in [6.45, 7) is 2.20. The van der Waals surface area contributed by atoms with Crippen LogP contribution in [0.15, 0.2) is 133 Å². The Balaban J connectivity index is 0.00000800. The smallest absolute Gasteiger partial charge is 0.148 e. The van der Waals surface area contributed by atoms with E-state index in [4.69, 9.17) is 22.8 Å². The second-order valence-electron chi connectivity index (χ2n) is 16.4. The Morgan fingerprint density at radius 1 is 0.717 bits per heavy atom. The quantitative estimate of drug-likeness (QED) is 0.162. The van der Waals surface area contributed by atoms with Crippen molar-refractivity contribution in [2.45, 2.75) is 85.7 Å². The summed E-state index contributed by atoms with van der Waals surface area (Å²) in [6, 6.07) is 32.1. The molecular formula is C55H54N3OPt-. The number of pyridine rings is 1. The number of rotatable bonds is 7. The molecule has 0 bridgehead atoms. The Morgan fingerprint density at radius 2 is 1.45 bits per heavy atom. The number of aromatic nitrogens is 3. The third-order valence-corrected chi connectivity index (χ3v) is 10.6. The van der Waals surface area contributed by atoms with Crippen molar-refractivity contribution in [3.8, 4) is 67.5 Å². The summed E-state index contributed by atoms with van der Waals surface area (Å²) in [5, 5.41) is 11.7. The molecule has 0 aliphatic heterocycles. The minimum Gasteiger partial charge on any atom is -0.507 e. The van der Waals surface area contributed by atoms with Crippen LogP contribution >= 0.6 is 0 Å². The predicted molar refractivity (Wildman–Crippen MR) is 248 cm³/mol. The number of benzene rings is 6. The van der Waals surface area contributed by atoms with Gasteiger partial charge in [-0.1, -0.05) is 151 Å². The van der Waals surface area contributed by atoms with Gasteiger partial charge in [0.15, 0.2) is 0 Å². The Bertz CT molecular complexity index is 3410. The van der Waals surface area contributed by atoms with Crippen molar-refractivity contribution < 1.29 is 45.4 Å². The van der Waals surface area contributed by atoms with Crippen LogP contribution in [0, 0.1) is 19.9 Å². The normalized spacial score (nSPS) is 16.1. The topological polar surface area (TPSA) is 50.9 Å². The van der Waals surface area contributed by atoms with Crippen LogP contribution in [0.1, 0.15) is 108 Å². The van der Waals surface area contributed by atoms with Gasteiger partial charge in [0.2, 0.25) is 0 Å². The fourth-order valence-electron chi connectivity index (χ4n) is 7.51. The van der Waals surface area contributed by atoms with Crippen molar-refractivity contribution in [3.63, 3.8) is 0 Å². The molecule has 0 aliphatic carbocycles. The molecule has 0 saturated carbocycles. The SMILES string of the molecule is [2H]c1c([2H])c(C(C([2H])([2H])[2H])(C([2H])([2H])[2H])C([2H])([2H])[2H])c([2H])c([2H])c1-c1ccnc(-c2[c-]c(-c3cccc4c3nc(-c3cc(C)cc(C)c3O)n4-c3ccc(-c4ccccc4)c(C([2H])(C)C)c3)cc(C(C)(C)C)c2)c1.[Pt]. The van der Waals surface area contributed by atoms with Crippen molar-refractivity contribution in [3.05, 3.63) is 167 Å². The molecule has 306 valence electrons. The monoisotopic (exact) mass is 981 g/mol. The third-order valence-electron chi connectivity index (χ3n) is 10.6. The van der Waals surface area contributed by atoms with Crippen LogP contribution in [0.2, 0.25) is 0 Å². The predicted octanol–water partition coefficient (Wildman–Crippen LogP) is 14.6. The van der Waals surface area contributed by atoms with E-state index in [1.54, 1.807) is 0 Å². The number of imidazole rings is 1. The fourth-order valence-corrected chi connectivity index (χ4v) is 7.51. The Labute approximate surface area is 390 Å². The van der Waals surface area contributed by atoms with E-state index < -0.39 is 67.0 Å². The summed E-state index contributed by atoms with van der Waals surface area (Å²) < 4.78 is 121. The van der Waals surface area contributed by atoms with Gasteiger partial charge in [0, 0.05) is 52.4 Å². The molecule has 8 rings (SSSR count). The van der Waals surface area contributed by atoms with Gasteiger partial charge in [-0.2, -0.15) is 0 Å². The van der Waals surface area contributed by atoms with E-state index in [0.29, 0.717) is 50.4 Å². The fraction of sp³-hybridized carbons (Fsp3) is 0.236. The maximum absolute atomic E-state index is 11.7. The molecule has 0 saturated heterocycles. The third kappa shape index (κ3) is 8.28. The molecule has 0 spiro atoms. The summed E-state index contributed by atoms with van der Waals surface area (Å²) in [5.74, 6) is -0.474. The van der Waals surface area contributed by atoms with Gasteiger partial charge in [-0.3, -0.25) is 9.55 Å². The number of fused-ring (bicyclic) bond motifs is 1. The van der Waals surface area contributed by atoms with Gasteiger partial charge in [0.1, 0.15) is 11.6 Å². The maximum atomic E-state index is 11.7. The molecule has 0 amide bonds. The summed E-state index contributed by atoms with van der Waals surface area (Å²) in [4.78, 5) is 10.0. The van der Waals surface area contributed by atoms with E-state index in [2.05, 4.69) is 11.1 Å². The molecule has 60 heavy (non-hydrogen) atoms. The summed E-state index contributed by atoms with van der Waals surface area (Å²) >= 11 is 0. The molecule has 0 atom stereocenters. The molecule has 8 aromatic rings. The number of aromatic hydroxyl groups is 1. The van der Waals surface area contributed by atoms with Crippen LogP contribution in [0.25, 0.3) is 72.7 Å². The van der Waals surface area contributed by atoms with Crippen molar-refractivity contribution >= 4 is 11.0 Å². The average molecular weight is 982 g/mol. The van der Waals surface area contributed by atoms with E-state index in [0.717, 1.165) is 33.5 Å². The minimum absolute atomic E-state index is 0. The number of hydrogen-bond acceptors (Lipinski definition) is 3. The Morgan fingerprint density at radius 3 is 2.15 bits per heavy atom. The molecule has 1 N–H and O–H groups in total. The zero-order valence-electron chi connectivity index (χ0n) is 48.5. The van der Waals surface area contributed by atoms with Crippen molar-refractivity contribution in [2.24, 2.45) is 0 Å². The second kappa shape index (κ2) is 16.5. The summed E-state index contributed by atoms with van der Waals surface area (Å²) in [5.41, 5.74) is 4.07. The van der Waals surface area contributed by atoms with E-state index in [-0.39, 0.29) is 37.9 Å². The Hall–Kier alpha value is -5.57. The second-order valence-corrected chi connectivity index (χ2v) is 16.4. The number of hydrogen-bond donors (Lipinski definition) is 1. The molecule has 0 aliphatic rings. The number of aryl methyl sites for hydroxylation is 2. The van der Waals surface area contributed by atoms with E-state index in [1.807, 2.05) is 144 Å². The number of para-hydroxylation sites is 1. The number of phenols is 1. The van der Waals surface area contributed by atoms with E-state index >= 15 is 0 Å².